The predicted molar refractivity (Wildman–Crippen MR) is 231 cm³/mol. The lowest BCUT2D eigenvalue weighted by atomic mass is 9.98. The number of carbonyl (C=O) groups excluding carboxylic acids is 6. The highest BCUT2D eigenvalue weighted by atomic mass is 16.6. The molecule has 4 amide bonds. The van der Waals surface area contributed by atoms with Crippen molar-refractivity contribution in [3.05, 3.63) is 155 Å². The Bertz CT molecular complexity index is 2680. The quantitative estimate of drug-likeness (QED) is 0.0851. The van der Waals surface area contributed by atoms with Crippen LogP contribution in [-0.2, 0) is 36.8 Å². The molecular weight excluding hydrogens is 791 g/mol. The maximum absolute atomic E-state index is 14.0. The Morgan fingerprint density at radius 1 is 0.742 bits per heavy atom. The molecule has 3 N–H and O–H groups in total. The van der Waals surface area contributed by atoms with E-state index in [-0.39, 0.29) is 48.5 Å². The number of nitrogens with one attached hydrogen (secondary N) is 3. The van der Waals surface area contributed by atoms with Crippen molar-refractivity contribution in [1.82, 2.24) is 15.2 Å². The van der Waals surface area contributed by atoms with E-state index < -0.39 is 48.1 Å². The predicted octanol–water partition coefficient (Wildman–Crippen LogP) is 7.21. The highest BCUT2D eigenvalue weighted by molar-refractivity contribution is 6.13. The molecule has 1 aromatic heterocycles. The van der Waals surface area contributed by atoms with Crippen LogP contribution < -0.4 is 20.9 Å². The number of benzene rings is 5. The summed E-state index contributed by atoms with van der Waals surface area (Å²) in [5.74, 6) is -2.46. The molecule has 3 atom stereocenters. The number of para-hydroxylation sites is 2. The van der Waals surface area contributed by atoms with Crippen LogP contribution in [0.5, 0.6) is 0 Å². The molecule has 8 rings (SSSR count). The molecule has 0 saturated carbocycles. The summed E-state index contributed by atoms with van der Waals surface area (Å²) >= 11 is 0. The number of rotatable bonds is 12. The highest BCUT2D eigenvalue weighted by Gasteiger charge is 2.44. The zero-order valence-electron chi connectivity index (χ0n) is 34.1. The fraction of sp³-hybridized carbons (Fsp3) is 0.208. The van der Waals surface area contributed by atoms with Crippen LogP contribution in [-0.4, -0.2) is 72.3 Å². The Morgan fingerprint density at radius 2 is 1.37 bits per heavy atom. The van der Waals surface area contributed by atoms with Gasteiger partial charge < -0.3 is 30.2 Å². The topological polar surface area (TPSA) is 174 Å². The summed E-state index contributed by atoms with van der Waals surface area (Å²) in [4.78, 5) is 82.6. The second kappa shape index (κ2) is 17.5. The lowest BCUT2D eigenvalue weighted by Gasteiger charge is -2.23. The molecule has 0 bridgehead atoms. The van der Waals surface area contributed by atoms with E-state index in [1.165, 1.54) is 35.6 Å². The molecule has 1 aliphatic heterocycles. The van der Waals surface area contributed by atoms with Crippen LogP contribution in [0, 0.1) is 0 Å². The Morgan fingerprint density at radius 3 is 2.08 bits per heavy atom. The molecule has 314 valence electrons. The fourth-order valence-corrected chi connectivity index (χ4v) is 8.17. The largest absolute Gasteiger partial charge is 0.467 e. The summed E-state index contributed by atoms with van der Waals surface area (Å²) in [6, 6.07) is 34.9. The van der Waals surface area contributed by atoms with Gasteiger partial charge in [-0.05, 0) is 59.9 Å². The van der Waals surface area contributed by atoms with Gasteiger partial charge >= 0.3 is 18.2 Å². The first-order valence-electron chi connectivity index (χ1n) is 20.1. The molecular formula is C48H43N5O9. The van der Waals surface area contributed by atoms with Gasteiger partial charge in [-0.1, -0.05) is 109 Å². The number of alkyl carbamates (subject to hydrolysis) is 1. The van der Waals surface area contributed by atoms with Gasteiger partial charge in [-0.25, -0.2) is 14.4 Å². The summed E-state index contributed by atoms with van der Waals surface area (Å²) in [7, 11) is 1.18. The van der Waals surface area contributed by atoms with Gasteiger partial charge in [0.15, 0.2) is 0 Å². The summed E-state index contributed by atoms with van der Waals surface area (Å²) < 4.78 is 17.8. The van der Waals surface area contributed by atoms with Crippen LogP contribution >= 0.6 is 0 Å². The molecule has 0 spiro atoms. The smallest absolute Gasteiger partial charge is 0.416 e. The molecule has 0 fully saturated rings. The average molecular weight is 834 g/mol. The number of methoxy groups -OCH3 is 1. The van der Waals surface area contributed by atoms with Crippen LogP contribution in [0.4, 0.5) is 21.1 Å². The summed E-state index contributed by atoms with van der Waals surface area (Å²) in [6.45, 7) is 3.11. The van der Waals surface area contributed by atoms with E-state index in [0.29, 0.717) is 16.5 Å². The van der Waals surface area contributed by atoms with Gasteiger partial charge in [0.05, 0.1) is 23.9 Å². The summed E-state index contributed by atoms with van der Waals surface area (Å²) in [5.41, 5.74) is 6.10. The second-order valence-electron chi connectivity index (χ2n) is 15.1. The van der Waals surface area contributed by atoms with Crippen molar-refractivity contribution in [1.29, 1.82) is 0 Å². The Balaban J connectivity index is 0.965. The highest BCUT2D eigenvalue weighted by Crippen LogP contribution is 2.45. The normalized spacial score (nSPS) is 14.9. The van der Waals surface area contributed by atoms with E-state index in [2.05, 4.69) is 16.0 Å². The lowest BCUT2D eigenvalue weighted by Crippen LogP contribution is -2.44. The minimum absolute atomic E-state index is 0.0185. The van der Waals surface area contributed by atoms with Gasteiger partial charge in [-0.3, -0.25) is 23.9 Å². The third-order valence-corrected chi connectivity index (χ3v) is 11.2. The standard InChI is InChI=1S/C48H43N5O9/c1-28(49-47(58)61-27-38-33-19-9-7-17-31(33)32-18-8-10-20-34(32)38)42(54)50-39-23-13-11-22-36(39)43(55)51-40(46(57)60-3)25-37-35-21-12-14-24-41(35)53-44(37)52(29(2)45(53)56)48(59)62-26-30-15-5-4-6-16-30/h4-24,28-29,38,40H,25-27H2,1-3H3,(H,49,58)(H,50,54)(H,51,55)/t28-,29-,40+/m0/s1. The molecule has 14 heteroatoms. The number of ether oxygens (including phenoxy) is 3. The minimum Gasteiger partial charge on any atom is -0.467 e. The number of hydrogen-bond donors (Lipinski definition) is 3. The third-order valence-electron chi connectivity index (χ3n) is 11.2. The summed E-state index contributed by atoms with van der Waals surface area (Å²) in [6.07, 6.45) is -1.73. The monoisotopic (exact) mass is 833 g/mol. The lowest BCUT2D eigenvalue weighted by molar-refractivity contribution is -0.142. The Kier molecular flexibility index (Phi) is 11.6. The number of nitrogens with zero attached hydrogens (tertiary/aromatic N) is 2. The van der Waals surface area contributed by atoms with Crippen molar-refractivity contribution in [2.24, 2.45) is 0 Å². The molecule has 14 nitrogen and oxygen atoms in total. The van der Waals surface area contributed by atoms with Crippen LogP contribution in [0.25, 0.3) is 22.0 Å². The van der Waals surface area contributed by atoms with Crippen molar-refractivity contribution in [3.8, 4) is 11.1 Å². The molecule has 6 aromatic rings. The maximum Gasteiger partial charge on any atom is 0.416 e. The van der Waals surface area contributed by atoms with Crippen LogP contribution in [0.15, 0.2) is 127 Å². The van der Waals surface area contributed by atoms with Crippen LogP contribution in [0.3, 0.4) is 0 Å². The minimum atomic E-state index is -1.31. The second-order valence-corrected chi connectivity index (χ2v) is 15.1. The molecule has 0 saturated heterocycles. The number of hydrogen-bond acceptors (Lipinski definition) is 9. The van der Waals surface area contributed by atoms with E-state index in [1.54, 1.807) is 43.3 Å². The SMILES string of the molecule is COC(=O)[C@@H](Cc1c2n(c3ccccc13)C(=O)[C@H](C)N2C(=O)OCc1ccccc1)NC(=O)c1ccccc1NC(=O)[C@H](C)NC(=O)OCC1c2ccccc2-c2ccccc21. The maximum atomic E-state index is 14.0. The number of anilines is 2. The summed E-state index contributed by atoms with van der Waals surface area (Å²) in [5, 5.41) is 8.60. The van der Waals surface area contributed by atoms with Gasteiger partial charge in [-0.15, -0.1) is 0 Å². The van der Waals surface area contributed by atoms with Crippen molar-refractivity contribution in [2.45, 2.75) is 50.9 Å². The van der Waals surface area contributed by atoms with E-state index >= 15 is 0 Å². The first-order chi connectivity index (χ1) is 30.0. The zero-order valence-corrected chi connectivity index (χ0v) is 34.1. The van der Waals surface area contributed by atoms with Crippen LogP contribution in [0.1, 0.15) is 57.2 Å². The van der Waals surface area contributed by atoms with Crippen molar-refractivity contribution in [2.75, 3.05) is 23.9 Å². The van der Waals surface area contributed by atoms with E-state index in [9.17, 15) is 28.8 Å². The van der Waals surface area contributed by atoms with Gasteiger partial charge in [0.2, 0.25) is 5.91 Å². The number of aromatic nitrogens is 1. The van der Waals surface area contributed by atoms with Crippen LogP contribution in [0.2, 0.25) is 0 Å². The number of carbonyl (C=O) groups is 6. The Hall–Kier alpha value is -7.74. The van der Waals surface area contributed by atoms with Gasteiger partial charge in [0.25, 0.3) is 11.8 Å². The van der Waals surface area contributed by atoms with Crippen molar-refractivity contribution < 1.29 is 43.0 Å². The molecule has 2 heterocycles. The first-order valence-corrected chi connectivity index (χ1v) is 20.1. The number of esters is 1. The third kappa shape index (κ3) is 7.85. The van der Waals surface area contributed by atoms with Gasteiger partial charge in [-0.2, -0.15) is 0 Å². The number of amides is 4. The number of fused-ring (bicyclic) bond motifs is 6. The molecule has 1 aliphatic carbocycles. The van der Waals surface area contributed by atoms with E-state index in [1.807, 2.05) is 78.9 Å². The fourth-order valence-electron chi connectivity index (χ4n) is 8.17. The van der Waals surface area contributed by atoms with Crippen molar-refractivity contribution >= 4 is 58.3 Å². The average Bonchev–Trinajstić information content (AvgIpc) is 3.88. The molecule has 62 heavy (non-hydrogen) atoms. The molecule has 2 aliphatic rings. The molecule has 5 aromatic carbocycles. The van der Waals surface area contributed by atoms with E-state index in [0.717, 1.165) is 27.8 Å². The molecule has 0 unspecified atom stereocenters. The van der Waals surface area contributed by atoms with E-state index in [4.69, 9.17) is 14.2 Å². The Labute approximate surface area is 356 Å². The van der Waals surface area contributed by atoms with Gasteiger partial charge in [0.1, 0.15) is 37.2 Å². The van der Waals surface area contributed by atoms with Crippen molar-refractivity contribution in [3.63, 3.8) is 0 Å². The molecule has 0 radical (unpaired) electrons. The van der Waals surface area contributed by atoms with Gasteiger partial charge in [0, 0.05) is 23.3 Å². The first kappa shape index (κ1) is 41.0. The zero-order chi connectivity index (χ0) is 43.5.